The van der Waals surface area contributed by atoms with Crippen LogP contribution in [0.3, 0.4) is 0 Å². The van der Waals surface area contributed by atoms with Gasteiger partial charge in [-0.3, -0.25) is 9.48 Å². The van der Waals surface area contributed by atoms with Gasteiger partial charge in [0.25, 0.3) is 5.91 Å². The Morgan fingerprint density at radius 2 is 1.97 bits per heavy atom. The molecule has 170 valence electrons. The summed E-state index contributed by atoms with van der Waals surface area (Å²) in [5.41, 5.74) is 5.33. The third kappa shape index (κ3) is 4.43. The van der Waals surface area contributed by atoms with Gasteiger partial charge in [0.2, 0.25) is 0 Å². The number of aromatic amines is 1. The standard InChI is InChI=1S/C25H26N4O3S/c1-17-6-8-18(9-7-17)24-14-23(28-29(24)20-11-13-33(31,32)16-20)25(30)26-12-10-19-15-27-22-5-3-2-4-21(19)22/h2-9,14-15,20,27H,10-13,16H2,1H3,(H,26,30)/t20-/m0/s1. The fourth-order valence-electron chi connectivity index (χ4n) is 4.43. The van der Waals surface area contributed by atoms with Gasteiger partial charge < -0.3 is 10.3 Å². The number of fused-ring (bicyclic) bond motifs is 1. The molecular weight excluding hydrogens is 436 g/mol. The van der Waals surface area contributed by atoms with Crippen molar-refractivity contribution in [3.8, 4) is 11.3 Å². The number of carbonyl (C=O) groups excluding carboxylic acids is 1. The van der Waals surface area contributed by atoms with E-state index >= 15 is 0 Å². The van der Waals surface area contributed by atoms with Gasteiger partial charge in [-0.2, -0.15) is 5.10 Å². The Labute approximate surface area is 192 Å². The van der Waals surface area contributed by atoms with Gasteiger partial charge in [0.05, 0.1) is 23.2 Å². The minimum absolute atomic E-state index is 0.0508. The molecule has 1 amide bonds. The molecule has 0 bridgehead atoms. The van der Waals surface area contributed by atoms with Crippen LogP contribution in [0.15, 0.2) is 60.8 Å². The Kier molecular flexibility index (Phi) is 5.54. The molecule has 2 N–H and O–H groups in total. The largest absolute Gasteiger partial charge is 0.361 e. The van der Waals surface area contributed by atoms with Crippen LogP contribution in [0.2, 0.25) is 0 Å². The molecule has 1 atom stereocenters. The van der Waals surface area contributed by atoms with E-state index in [0.717, 1.165) is 33.3 Å². The zero-order chi connectivity index (χ0) is 23.0. The molecule has 0 aliphatic carbocycles. The maximum atomic E-state index is 12.9. The summed E-state index contributed by atoms with van der Waals surface area (Å²) in [7, 11) is -3.08. The lowest BCUT2D eigenvalue weighted by molar-refractivity contribution is 0.0948. The lowest BCUT2D eigenvalue weighted by Crippen LogP contribution is -2.26. The van der Waals surface area contributed by atoms with Crippen molar-refractivity contribution in [3.05, 3.63) is 77.6 Å². The molecular formula is C25H26N4O3S. The molecule has 7 nitrogen and oxygen atoms in total. The molecule has 5 rings (SSSR count). The molecule has 0 spiro atoms. The molecule has 0 unspecified atom stereocenters. The second-order valence-electron chi connectivity index (χ2n) is 8.65. The third-order valence-corrected chi connectivity index (χ3v) is 7.98. The predicted molar refractivity (Wildman–Crippen MR) is 129 cm³/mol. The van der Waals surface area contributed by atoms with E-state index in [4.69, 9.17) is 0 Å². The molecule has 1 saturated heterocycles. The smallest absolute Gasteiger partial charge is 0.271 e. The summed E-state index contributed by atoms with van der Waals surface area (Å²) in [4.78, 5) is 16.2. The van der Waals surface area contributed by atoms with Crippen molar-refractivity contribution in [1.29, 1.82) is 0 Å². The zero-order valence-corrected chi connectivity index (χ0v) is 19.2. The van der Waals surface area contributed by atoms with Gasteiger partial charge >= 0.3 is 0 Å². The topological polar surface area (TPSA) is 96.8 Å². The average molecular weight is 463 g/mol. The highest BCUT2D eigenvalue weighted by atomic mass is 32.2. The van der Waals surface area contributed by atoms with E-state index in [1.54, 1.807) is 10.7 Å². The van der Waals surface area contributed by atoms with Crippen LogP contribution in [0, 0.1) is 6.92 Å². The van der Waals surface area contributed by atoms with Crippen molar-refractivity contribution >= 4 is 26.6 Å². The quantitative estimate of drug-likeness (QED) is 0.457. The number of H-pyrrole nitrogens is 1. The Morgan fingerprint density at radius 1 is 1.18 bits per heavy atom. The third-order valence-electron chi connectivity index (χ3n) is 6.22. The Morgan fingerprint density at radius 3 is 2.73 bits per heavy atom. The van der Waals surface area contributed by atoms with Gasteiger partial charge in [-0.25, -0.2) is 8.42 Å². The van der Waals surface area contributed by atoms with E-state index in [0.29, 0.717) is 25.1 Å². The predicted octanol–water partition coefficient (Wildman–Crippen LogP) is 3.67. The highest BCUT2D eigenvalue weighted by Gasteiger charge is 2.32. The molecule has 2 aromatic carbocycles. The number of para-hydroxylation sites is 1. The number of hydrogen-bond donors (Lipinski definition) is 2. The number of nitrogens with one attached hydrogen (secondary N) is 2. The van der Waals surface area contributed by atoms with E-state index in [-0.39, 0.29) is 23.5 Å². The summed E-state index contributed by atoms with van der Waals surface area (Å²) >= 11 is 0. The summed E-state index contributed by atoms with van der Waals surface area (Å²) < 4.78 is 25.9. The van der Waals surface area contributed by atoms with Crippen molar-refractivity contribution in [2.24, 2.45) is 0 Å². The number of amides is 1. The van der Waals surface area contributed by atoms with Crippen LogP contribution in [0.1, 0.15) is 34.1 Å². The SMILES string of the molecule is Cc1ccc(-c2cc(C(=O)NCCc3c[nH]c4ccccc34)nn2[C@H]2CCS(=O)(=O)C2)cc1. The molecule has 33 heavy (non-hydrogen) atoms. The molecule has 1 aliphatic rings. The second kappa shape index (κ2) is 8.51. The monoisotopic (exact) mass is 462 g/mol. The van der Waals surface area contributed by atoms with Crippen LogP contribution < -0.4 is 5.32 Å². The highest BCUT2D eigenvalue weighted by Crippen LogP contribution is 2.30. The minimum Gasteiger partial charge on any atom is -0.361 e. The van der Waals surface area contributed by atoms with Gasteiger partial charge in [0.15, 0.2) is 15.5 Å². The first-order valence-corrected chi connectivity index (χ1v) is 12.9. The molecule has 1 aliphatic heterocycles. The first-order chi connectivity index (χ1) is 15.9. The van der Waals surface area contributed by atoms with Crippen molar-refractivity contribution in [1.82, 2.24) is 20.1 Å². The van der Waals surface area contributed by atoms with Crippen molar-refractivity contribution in [2.75, 3.05) is 18.1 Å². The molecule has 8 heteroatoms. The number of rotatable bonds is 6. The zero-order valence-electron chi connectivity index (χ0n) is 18.4. The number of carbonyl (C=O) groups is 1. The van der Waals surface area contributed by atoms with Gasteiger partial charge in [0.1, 0.15) is 0 Å². The van der Waals surface area contributed by atoms with Crippen LogP contribution in [0.25, 0.3) is 22.2 Å². The van der Waals surface area contributed by atoms with Crippen LogP contribution in [-0.4, -0.2) is 47.1 Å². The maximum Gasteiger partial charge on any atom is 0.271 e. The fourth-order valence-corrected chi connectivity index (χ4v) is 6.12. The van der Waals surface area contributed by atoms with E-state index in [1.807, 2.05) is 55.6 Å². The molecule has 3 heterocycles. The van der Waals surface area contributed by atoms with Gasteiger partial charge in [-0.15, -0.1) is 0 Å². The summed E-state index contributed by atoms with van der Waals surface area (Å²) in [6.45, 7) is 2.49. The van der Waals surface area contributed by atoms with Crippen molar-refractivity contribution in [2.45, 2.75) is 25.8 Å². The van der Waals surface area contributed by atoms with Crippen LogP contribution in [0.4, 0.5) is 0 Å². The number of aromatic nitrogens is 3. The number of hydrogen-bond acceptors (Lipinski definition) is 4. The number of sulfone groups is 1. The normalized spacial score (nSPS) is 17.4. The first-order valence-electron chi connectivity index (χ1n) is 11.1. The van der Waals surface area contributed by atoms with Crippen LogP contribution >= 0.6 is 0 Å². The van der Waals surface area contributed by atoms with Crippen molar-refractivity contribution < 1.29 is 13.2 Å². The molecule has 0 saturated carbocycles. The Hall–Kier alpha value is -3.39. The first kappa shape index (κ1) is 21.5. The molecule has 2 aromatic heterocycles. The van der Waals surface area contributed by atoms with E-state index in [9.17, 15) is 13.2 Å². The van der Waals surface area contributed by atoms with Gasteiger partial charge in [0, 0.05) is 23.6 Å². The average Bonchev–Trinajstić information content (AvgIpc) is 3.51. The summed E-state index contributed by atoms with van der Waals surface area (Å²) in [6.07, 6.45) is 3.17. The maximum absolute atomic E-state index is 12.9. The van der Waals surface area contributed by atoms with Crippen LogP contribution in [-0.2, 0) is 16.3 Å². The second-order valence-corrected chi connectivity index (χ2v) is 10.9. The van der Waals surface area contributed by atoms with E-state index in [2.05, 4.69) is 21.5 Å². The lowest BCUT2D eigenvalue weighted by atomic mass is 10.1. The Bertz CT molecular complexity index is 1420. The minimum atomic E-state index is -3.08. The summed E-state index contributed by atoms with van der Waals surface area (Å²) in [5.74, 6) is -0.0607. The van der Waals surface area contributed by atoms with Crippen LogP contribution in [0.5, 0.6) is 0 Å². The number of nitrogens with zero attached hydrogens (tertiary/aromatic N) is 2. The number of benzene rings is 2. The fraction of sp³-hybridized carbons (Fsp3) is 0.280. The lowest BCUT2D eigenvalue weighted by Gasteiger charge is -2.13. The van der Waals surface area contributed by atoms with E-state index < -0.39 is 9.84 Å². The summed E-state index contributed by atoms with van der Waals surface area (Å²) in [5, 5.41) is 8.67. The summed E-state index contributed by atoms with van der Waals surface area (Å²) in [6, 6.07) is 17.5. The van der Waals surface area contributed by atoms with Gasteiger partial charge in [-0.05, 0) is 43.0 Å². The Balaban J connectivity index is 1.36. The molecule has 4 aromatic rings. The van der Waals surface area contributed by atoms with Gasteiger partial charge in [-0.1, -0.05) is 48.0 Å². The van der Waals surface area contributed by atoms with E-state index in [1.165, 1.54) is 0 Å². The van der Waals surface area contributed by atoms with Crippen molar-refractivity contribution in [3.63, 3.8) is 0 Å². The number of aryl methyl sites for hydroxylation is 1. The molecule has 0 radical (unpaired) electrons. The highest BCUT2D eigenvalue weighted by molar-refractivity contribution is 7.91. The molecule has 1 fully saturated rings.